The number of benzene rings is 3. The summed E-state index contributed by atoms with van der Waals surface area (Å²) >= 11 is 5.97. The fourth-order valence-corrected chi connectivity index (χ4v) is 4.93. The molecule has 0 radical (unpaired) electrons. The molecule has 1 aromatic heterocycles. The number of halogens is 1. The van der Waals surface area contributed by atoms with E-state index in [1.807, 2.05) is 99.0 Å². The number of likely N-dealkylation sites (N-methyl/N-ethyl adjacent to an activating group) is 1. The summed E-state index contributed by atoms with van der Waals surface area (Å²) in [6.45, 7) is 9.04. The predicted octanol–water partition coefficient (Wildman–Crippen LogP) is 8.22. The SMILES string of the molecule is CC(C)Cc1ccc(C(C)C(=O)O)cc1.CN(C)CCC(c1ccc(Cl)cc1)c1ccccn1.CN[C@@H](C)[C@@H](O)c1ccccc1. The van der Waals surface area contributed by atoms with Gasteiger partial charge in [0.05, 0.1) is 12.0 Å². The van der Waals surface area contributed by atoms with Crippen molar-refractivity contribution in [3.63, 3.8) is 0 Å². The van der Waals surface area contributed by atoms with Gasteiger partial charge in [-0.2, -0.15) is 0 Å². The molecule has 4 aromatic rings. The van der Waals surface area contributed by atoms with E-state index in [0.717, 1.165) is 41.2 Å². The maximum atomic E-state index is 10.8. The first kappa shape index (κ1) is 38.6. The highest BCUT2D eigenvalue weighted by Gasteiger charge is 2.16. The zero-order valence-corrected chi connectivity index (χ0v) is 29.2. The minimum atomic E-state index is -0.772. The minimum Gasteiger partial charge on any atom is -0.481 e. The van der Waals surface area contributed by atoms with Crippen molar-refractivity contribution >= 4 is 17.6 Å². The molecule has 3 N–H and O–H groups in total. The third-order valence-corrected chi connectivity index (χ3v) is 8.00. The van der Waals surface area contributed by atoms with Crippen molar-refractivity contribution in [1.82, 2.24) is 15.2 Å². The Morgan fingerprint density at radius 2 is 1.41 bits per heavy atom. The third kappa shape index (κ3) is 13.8. The van der Waals surface area contributed by atoms with Crippen molar-refractivity contribution in [1.29, 1.82) is 0 Å². The number of aromatic nitrogens is 1. The molecule has 3 aromatic carbocycles. The second-order valence-corrected chi connectivity index (χ2v) is 12.7. The lowest BCUT2D eigenvalue weighted by molar-refractivity contribution is -0.138. The average molecular weight is 646 g/mol. The van der Waals surface area contributed by atoms with Gasteiger partial charge in [0.15, 0.2) is 0 Å². The van der Waals surface area contributed by atoms with Crippen LogP contribution in [0.15, 0.2) is 103 Å². The molecule has 0 bridgehead atoms. The van der Waals surface area contributed by atoms with E-state index < -0.39 is 18.0 Å². The Morgan fingerprint density at radius 1 is 0.826 bits per heavy atom. The molecule has 0 aliphatic carbocycles. The molecule has 0 saturated heterocycles. The molecule has 0 fully saturated rings. The number of nitrogens with one attached hydrogen (secondary N) is 1. The van der Waals surface area contributed by atoms with Crippen molar-refractivity contribution in [3.8, 4) is 0 Å². The monoisotopic (exact) mass is 645 g/mol. The Hall–Kier alpha value is -3.55. The lowest BCUT2D eigenvalue weighted by Crippen LogP contribution is -2.28. The highest BCUT2D eigenvalue weighted by Crippen LogP contribution is 2.27. The molecule has 7 heteroatoms. The van der Waals surface area contributed by atoms with Crippen LogP contribution in [0.25, 0.3) is 0 Å². The molecule has 4 rings (SSSR count). The Kier molecular flexibility index (Phi) is 17.3. The standard InChI is InChI=1S/C16H19ClN2.C13H18O2.C10H15NO/c1-19(2)12-10-15(16-5-3-4-11-18-16)13-6-8-14(17)9-7-13;1-9(2)8-11-4-6-12(7-5-11)10(3)13(14)15;1-8(11-2)10(12)9-6-4-3-5-7-9/h3-9,11,15H,10,12H2,1-2H3;4-7,9-10H,8H2,1-3H3,(H,14,15);3-8,10-12H,1-2H3/t;;8-,10+/m..0/s1. The van der Waals surface area contributed by atoms with Crippen molar-refractivity contribution in [2.45, 2.75) is 64.5 Å². The van der Waals surface area contributed by atoms with Crippen molar-refractivity contribution in [3.05, 3.63) is 136 Å². The highest BCUT2D eigenvalue weighted by atomic mass is 35.5. The van der Waals surface area contributed by atoms with Crippen LogP contribution < -0.4 is 5.32 Å². The first-order valence-corrected chi connectivity index (χ1v) is 16.3. The second-order valence-electron chi connectivity index (χ2n) is 12.3. The normalized spacial score (nSPS) is 13.5. The first-order valence-electron chi connectivity index (χ1n) is 16.0. The second kappa shape index (κ2) is 20.5. The molecule has 46 heavy (non-hydrogen) atoms. The molecule has 2 unspecified atom stereocenters. The zero-order chi connectivity index (χ0) is 34.1. The molecular weight excluding hydrogens is 594 g/mol. The van der Waals surface area contributed by atoms with Crippen LogP contribution in [-0.4, -0.2) is 59.8 Å². The summed E-state index contributed by atoms with van der Waals surface area (Å²) in [4.78, 5) is 17.5. The van der Waals surface area contributed by atoms with Gasteiger partial charge in [0.2, 0.25) is 0 Å². The molecular formula is C39H52ClN3O3. The van der Waals surface area contributed by atoms with Crippen LogP contribution in [-0.2, 0) is 11.2 Å². The Balaban J connectivity index is 0.000000247. The zero-order valence-electron chi connectivity index (χ0n) is 28.4. The van der Waals surface area contributed by atoms with Gasteiger partial charge in [-0.1, -0.05) is 98.2 Å². The number of pyridine rings is 1. The summed E-state index contributed by atoms with van der Waals surface area (Å²) in [5, 5.41) is 22.4. The highest BCUT2D eigenvalue weighted by molar-refractivity contribution is 6.30. The maximum absolute atomic E-state index is 10.8. The third-order valence-electron chi connectivity index (χ3n) is 7.75. The van der Waals surface area contributed by atoms with Crippen LogP contribution in [0.5, 0.6) is 0 Å². The van der Waals surface area contributed by atoms with Gasteiger partial charge in [0.1, 0.15) is 0 Å². The summed E-state index contributed by atoms with van der Waals surface area (Å²) in [6.07, 6.45) is 3.53. The van der Waals surface area contributed by atoms with Gasteiger partial charge in [0.25, 0.3) is 0 Å². The summed E-state index contributed by atoms with van der Waals surface area (Å²) in [6, 6.07) is 31.8. The van der Waals surface area contributed by atoms with Crippen LogP contribution in [0.1, 0.15) is 80.0 Å². The van der Waals surface area contributed by atoms with Gasteiger partial charge < -0.3 is 20.4 Å². The number of nitrogens with zero attached hydrogens (tertiary/aromatic N) is 2. The van der Waals surface area contributed by atoms with E-state index in [-0.39, 0.29) is 6.04 Å². The van der Waals surface area contributed by atoms with Gasteiger partial charge in [-0.15, -0.1) is 0 Å². The van der Waals surface area contributed by atoms with Crippen LogP contribution in [0.3, 0.4) is 0 Å². The summed E-state index contributed by atoms with van der Waals surface area (Å²) < 4.78 is 0. The molecule has 0 saturated carbocycles. The van der Waals surface area contributed by atoms with Crippen LogP contribution in [0.2, 0.25) is 5.02 Å². The van der Waals surface area contributed by atoms with Crippen molar-refractivity contribution in [2.24, 2.45) is 5.92 Å². The lowest BCUT2D eigenvalue weighted by Gasteiger charge is -2.19. The molecule has 1 heterocycles. The first-order chi connectivity index (χ1) is 21.9. The Labute approximate surface area is 281 Å². The number of hydrogen-bond acceptors (Lipinski definition) is 5. The number of carboxylic acids is 1. The van der Waals surface area contributed by atoms with Gasteiger partial charge in [-0.25, -0.2) is 0 Å². The quantitative estimate of drug-likeness (QED) is 0.144. The fraction of sp³-hybridized carbons (Fsp3) is 0.385. The van der Waals surface area contributed by atoms with Crippen molar-refractivity contribution in [2.75, 3.05) is 27.7 Å². The number of hydrogen-bond donors (Lipinski definition) is 3. The topological polar surface area (TPSA) is 85.7 Å². The Morgan fingerprint density at radius 3 is 1.91 bits per heavy atom. The number of carboxylic acid groups (broad SMARTS) is 1. The number of aliphatic carboxylic acids is 1. The van der Waals surface area contributed by atoms with Gasteiger partial charge >= 0.3 is 5.97 Å². The maximum Gasteiger partial charge on any atom is 0.310 e. The van der Waals surface area contributed by atoms with E-state index in [1.165, 1.54) is 11.1 Å². The number of carbonyl (C=O) groups is 1. The van der Waals surface area contributed by atoms with E-state index in [4.69, 9.17) is 16.7 Å². The van der Waals surface area contributed by atoms with Crippen LogP contribution >= 0.6 is 11.6 Å². The van der Waals surface area contributed by atoms with Gasteiger partial charge in [0, 0.05) is 28.9 Å². The predicted molar refractivity (Wildman–Crippen MR) is 192 cm³/mol. The van der Waals surface area contributed by atoms with Crippen LogP contribution in [0, 0.1) is 5.92 Å². The number of aliphatic hydroxyl groups is 1. The number of rotatable bonds is 12. The molecule has 0 spiro atoms. The van der Waals surface area contributed by atoms with Gasteiger partial charge in [-0.3, -0.25) is 9.78 Å². The molecule has 6 nitrogen and oxygen atoms in total. The summed E-state index contributed by atoms with van der Waals surface area (Å²) in [7, 11) is 6.03. The number of aliphatic hydroxyl groups excluding tert-OH is 1. The van der Waals surface area contributed by atoms with Gasteiger partial charge in [-0.05, 0) is 107 Å². The molecule has 4 atom stereocenters. The Bertz CT molecular complexity index is 1380. The lowest BCUT2D eigenvalue weighted by atomic mass is 9.92. The largest absolute Gasteiger partial charge is 0.481 e. The smallest absolute Gasteiger partial charge is 0.310 e. The van der Waals surface area contributed by atoms with E-state index in [1.54, 1.807) is 6.92 Å². The van der Waals surface area contributed by atoms with E-state index in [2.05, 4.69) is 61.3 Å². The van der Waals surface area contributed by atoms with Crippen LogP contribution in [0.4, 0.5) is 0 Å². The molecule has 0 amide bonds. The summed E-state index contributed by atoms with van der Waals surface area (Å²) in [5.41, 5.74) is 5.48. The van der Waals surface area contributed by atoms with E-state index >= 15 is 0 Å². The minimum absolute atomic E-state index is 0.0902. The summed E-state index contributed by atoms with van der Waals surface area (Å²) in [5.74, 6) is -0.238. The molecule has 0 aliphatic rings. The van der Waals surface area contributed by atoms with E-state index in [9.17, 15) is 9.90 Å². The molecule has 248 valence electrons. The van der Waals surface area contributed by atoms with Crippen molar-refractivity contribution < 1.29 is 15.0 Å². The fourth-order valence-electron chi connectivity index (χ4n) is 4.80. The average Bonchev–Trinajstić information content (AvgIpc) is 3.06. The molecule has 0 aliphatic heterocycles. The van der Waals surface area contributed by atoms with E-state index in [0.29, 0.717) is 11.8 Å².